The molecule has 0 fully saturated rings. The Morgan fingerprint density at radius 3 is 0.333 bits per heavy atom. The van der Waals surface area contributed by atoms with Gasteiger partial charge in [0.25, 0.3) is 0 Å². The van der Waals surface area contributed by atoms with Crippen molar-refractivity contribution in [2.24, 2.45) is 0 Å². The molecule has 9 heteroatoms. The van der Waals surface area contributed by atoms with Crippen molar-refractivity contribution in [3.63, 3.8) is 0 Å². The van der Waals surface area contributed by atoms with Crippen LogP contribution in [0.1, 0.15) is 0 Å². The maximum atomic E-state index is 0. The molecule has 0 nitrogen and oxygen atoms in total. The normalized spacial score (nSPS) is 0. The molecule has 0 amide bonds. The Hall–Kier alpha value is 0.601. The largest absolute Gasteiger partial charge is 2.00 e. The van der Waals surface area contributed by atoms with E-state index in [1.165, 1.54) is 0 Å². The average Bonchev–Trinajstić information content (AvgIpc) is 0. The van der Waals surface area contributed by atoms with Crippen molar-refractivity contribution in [1.82, 2.24) is 0 Å². The van der Waals surface area contributed by atoms with Crippen LogP contribution < -0.4 is 32.9 Å². The van der Waals surface area contributed by atoms with Crippen LogP contribution in [0.25, 0.3) is 0 Å². The van der Waals surface area contributed by atoms with Crippen LogP contribution in [0.5, 0.6) is 0 Å². The van der Waals surface area contributed by atoms with Gasteiger partial charge in [0.1, 0.15) is 0 Å². The van der Waals surface area contributed by atoms with Crippen molar-refractivity contribution in [2.75, 3.05) is 0 Å². The fraction of sp³-hybridized carbons (Fsp3) is 0. The Morgan fingerprint density at radius 2 is 0.333 bits per heavy atom. The van der Waals surface area contributed by atoms with Crippen LogP contribution in [0, 0.1) is 0 Å². The summed E-state index contributed by atoms with van der Waals surface area (Å²) in [5, 5.41) is 0. The zero-order valence-corrected chi connectivity index (χ0v) is 5.86. The molecule has 0 aliphatic rings. The van der Waals surface area contributed by atoms with Gasteiger partial charge in [-0.1, -0.05) is 0 Å². The third kappa shape index (κ3) is 1040. The van der Waals surface area contributed by atoms with E-state index in [1.807, 2.05) is 0 Å². The summed E-state index contributed by atoms with van der Waals surface area (Å²) < 4.78 is 0. The molecule has 0 N–H and O–H groups in total. The number of halogens is 7. The summed E-state index contributed by atoms with van der Waals surface area (Å²) in [6.07, 6.45) is 0. The first kappa shape index (κ1) is 1970. The van der Waals surface area contributed by atoms with Crippen molar-refractivity contribution in [1.29, 1.82) is 0 Å². The molecule has 0 atom stereocenters. The molecule has 9 heavy (non-hydrogen) atoms. The van der Waals surface area contributed by atoms with Crippen LogP contribution in [0.15, 0.2) is 0 Å². The molecule has 0 rings (SSSR count). The molecule has 0 heterocycles. The van der Waals surface area contributed by atoms with E-state index >= 15 is 0 Å². The maximum absolute atomic E-state index is 0. The molecular formula is CoF7V-5. The molecule has 0 spiro atoms. The van der Waals surface area contributed by atoms with E-state index in [9.17, 15) is 0 Å². The summed E-state index contributed by atoms with van der Waals surface area (Å²) in [6.45, 7) is 0. The molecule has 0 aromatic carbocycles. The Bertz CT molecular complexity index is 8.88. The zero-order valence-electron chi connectivity index (χ0n) is 3.43. The Labute approximate surface area is 68.8 Å². The van der Waals surface area contributed by atoms with Gasteiger partial charge in [-0.05, 0) is 0 Å². The first-order valence-electron chi connectivity index (χ1n) is 0. The predicted molar refractivity (Wildman–Crippen MR) is 0 cm³/mol. The van der Waals surface area contributed by atoms with Crippen LogP contribution in [0.4, 0.5) is 0 Å². The second kappa shape index (κ2) is 1380. The smallest absolute Gasteiger partial charge is 1.00 e. The van der Waals surface area contributed by atoms with Gasteiger partial charge in [0.2, 0.25) is 0 Å². The molecule has 0 unspecified atom stereocenters. The molecule has 0 aliphatic carbocycles. The fourth-order valence-corrected chi connectivity index (χ4v) is 0. The fourth-order valence-electron chi connectivity index (χ4n) is 0. The van der Waals surface area contributed by atoms with Gasteiger partial charge in [0.15, 0.2) is 0 Å². The molecule has 2 radical (unpaired) electrons. The minimum absolute atomic E-state index is 0. The quantitative estimate of drug-likeness (QED) is 0.370. The van der Waals surface area contributed by atoms with E-state index in [-0.39, 0.29) is 68.3 Å². The molecular weight excluding hydrogens is 243 g/mol. The average molecular weight is 243 g/mol. The van der Waals surface area contributed by atoms with Crippen LogP contribution in [0.2, 0.25) is 0 Å². The van der Waals surface area contributed by atoms with Crippen LogP contribution in [-0.2, 0) is 35.3 Å². The SMILES string of the molecule is [Co+2].[F-].[F-].[F-].[F-].[F-].[F-].[F-].[V]. The Kier molecular flexibility index (Phi) is 301000. The molecule has 0 saturated heterocycles. The summed E-state index contributed by atoms with van der Waals surface area (Å²) in [5.74, 6) is 0. The number of hydrogen-bond donors (Lipinski definition) is 0. The third-order valence-electron chi connectivity index (χ3n) is 0. The van der Waals surface area contributed by atoms with Crippen LogP contribution in [-0.4, -0.2) is 0 Å². The zero-order chi connectivity index (χ0) is 0. The van der Waals surface area contributed by atoms with E-state index in [0.717, 1.165) is 0 Å². The number of rotatable bonds is 0. The second-order valence-corrected chi connectivity index (χ2v) is 0. The molecule has 0 bridgehead atoms. The van der Waals surface area contributed by atoms with Gasteiger partial charge in [-0.15, -0.1) is 0 Å². The second-order valence-electron chi connectivity index (χ2n) is 0. The van der Waals surface area contributed by atoms with Crippen molar-refractivity contribution in [3.8, 4) is 0 Å². The summed E-state index contributed by atoms with van der Waals surface area (Å²) >= 11 is 0. The van der Waals surface area contributed by atoms with Gasteiger partial charge in [-0.25, -0.2) is 0 Å². The van der Waals surface area contributed by atoms with Gasteiger partial charge in [0, 0.05) is 18.6 Å². The first-order chi connectivity index (χ1) is 0. The maximum Gasteiger partial charge on any atom is 2.00 e. The van der Waals surface area contributed by atoms with E-state index < -0.39 is 0 Å². The summed E-state index contributed by atoms with van der Waals surface area (Å²) in [5.41, 5.74) is 0. The third-order valence-corrected chi connectivity index (χ3v) is 0. The minimum atomic E-state index is 0. The molecule has 68 valence electrons. The molecule has 0 aliphatic heterocycles. The van der Waals surface area contributed by atoms with E-state index in [2.05, 4.69) is 0 Å². The van der Waals surface area contributed by atoms with Crippen molar-refractivity contribution >= 4 is 0 Å². The first-order valence-corrected chi connectivity index (χ1v) is 0. The van der Waals surface area contributed by atoms with Crippen LogP contribution in [0.3, 0.4) is 0 Å². The monoisotopic (exact) mass is 243 g/mol. The summed E-state index contributed by atoms with van der Waals surface area (Å²) in [6, 6.07) is 0. The van der Waals surface area contributed by atoms with Gasteiger partial charge in [0.05, 0.1) is 0 Å². The summed E-state index contributed by atoms with van der Waals surface area (Å²) in [7, 11) is 0. The predicted octanol–water partition coefficient (Wildman–Crippen LogP) is -21.0. The van der Waals surface area contributed by atoms with E-state index in [4.69, 9.17) is 0 Å². The van der Waals surface area contributed by atoms with Crippen molar-refractivity contribution in [3.05, 3.63) is 0 Å². The van der Waals surface area contributed by atoms with Gasteiger partial charge in [-0.2, -0.15) is 0 Å². The topological polar surface area (TPSA) is 0 Å². The van der Waals surface area contributed by atoms with E-state index in [1.54, 1.807) is 0 Å². The van der Waals surface area contributed by atoms with Gasteiger partial charge in [-0.3, -0.25) is 0 Å². The Balaban J connectivity index is 0. The van der Waals surface area contributed by atoms with Gasteiger partial charge < -0.3 is 32.9 Å². The van der Waals surface area contributed by atoms with E-state index in [0.29, 0.717) is 0 Å². The Morgan fingerprint density at radius 1 is 0.333 bits per heavy atom. The van der Waals surface area contributed by atoms with Gasteiger partial charge >= 0.3 is 16.8 Å². The standard InChI is InChI=1S/Co.7FH.V/h;7*1H;/q+2;;;;;;;;/p-7. The summed E-state index contributed by atoms with van der Waals surface area (Å²) in [4.78, 5) is 0. The van der Waals surface area contributed by atoms with Crippen molar-refractivity contribution in [2.45, 2.75) is 0 Å². The molecule has 0 saturated carbocycles. The number of hydrogen-bond acceptors (Lipinski definition) is 0. The molecule has 0 aromatic heterocycles. The van der Waals surface area contributed by atoms with Crippen molar-refractivity contribution < 1.29 is 68.3 Å². The minimum Gasteiger partial charge on any atom is -1.00 e. The van der Waals surface area contributed by atoms with Crippen LogP contribution >= 0.6 is 0 Å². The molecule has 0 aromatic rings.